The molecule has 12 nitrogen and oxygen atoms in total. The zero-order chi connectivity index (χ0) is 53.0. The largest absolute Gasteiger partial charge is 0.399 e. The minimum Gasteiger partial charge on any atom is -0.399 e. The molecule has 74 heavy (non-hydrogen) atoms. The number of nitrogens with one attached hydrogen (secondary N) is 3. The maximum absolute atomic E-state index is 13.3. The van der Waals surface area contributed by atoms with Gasteiger partial charge in [0.2, 0.25) is 28.9 Å². The Morgan fingerprint density at radius 2 is 1.04 bits per heavy atom. The minimum absolute atomic E-state index is 0.0322. The molecule has 4 amide bonds. The number of benzene rings is 6. The molecular weight excluding hydrogens is 948 g/mol. The Morgan fingerprint density at radius 3 is 1.51 bits per heavy atom. The summed E-state index contributed by atoms with van der Waals surface area (Å²) in [5.74, 6) is 4.77. The maximum atomic E-state index is 13.3. The molecule has 6 aromatic carbocycles. The van der Waals surface area contributed by atoms with Crippen LogP contribution >= 0.6 is 11.6 Å². The monoisotopic (exact) mass is 1010 g/mol. The number of likely N-dealkylation sites (tertiary alicyclic amines) is 2. The number of carbonyl (C=O) groups excluding carboxylic acids is 6. The van der Waals surface area contributed by atoms with E-state index in [4.69, 9.17) is 18.6 Å². The van der Waals surface area contributed by atoms with Crippen LogP contribution in [0.15, 0.2) is 158 Å². The number of terminal acetylenes is 2. The number of carbonyl (C=O) groups is 6. The Kier molecular flexibility index (Phi) is 20.1. The number of hydrogen-bond donors (Lipinski definition) is 4. The third-order valence-corrected chi connectivity index (χ3v) is 12.2. The van der Waals surface area contributed by atoms with Crippen molar-refractivity contribution in [3.63, 3.8) is 0 Å². The summed E-state index contributed by atoms with van der Waals surface area (Å²) in [4.78, 5) is 79.3. The fourth-order valence-corrected chi connectivity index (χ4v) is 8.55. The number of fused-ring (bicyclic) bond motifs is 1. The van der Waals surface area contributed by atoms with Crippen LogP contribution in [-0.4, -0.2) is 74.6 Å². The Hall–Kier alpha value is -8.71. The lowest BCUT2D eigenvalue weighted by atomic mass is 10.1. The second-order valence-electron chi connectivity index (χ2n) is 17.8. The van der Waals surface area contributed by atoms with Gasteiger partial charge in [0.1, 0.15) is 17.9 Å². The maximum Gasteiger partial charge on any atom is 0.247 e. The van der Waals surface area contributed by atoms with Crippen LogP contribution < -0.4 is 16.4 Å². The van der Waals surface area contributed by atoms with Crippen LogP contribution in [-0.2, 0) is 48.0 Å². The highest BCUT2D eigenvalue weighted by Crippen LogP contribution is 2.29. The third-order valence-electron chi connectivity index (χ3n) is 12.2. The topological polar surface area (TPSA) is 175 Å². The molecule has 0 bridgehead atoms. The van der Waals surface area contributed by atoms with Crippen molar-refractivity contribution in [3.8, 4) is 35.9 Å². The number of H-pyrrole nitrogens is 1. The minimum atomic E-state index is -0.489. The van der Waals surface area contributed by atoms with Gasteiger partial charge in [0, 0.05) is 71.2 Å². The van der Waals surface area contributed by atoms with E-state index in [2.05, 4.69) is 39.1 Å². The Bertz CT molecular complexity index is 3120. The molecule has 13 heteroatoms. The van der Waals surface area contributed by atoms with Crippen LogP contribution in [0.1, 0.15) is 67.3 Å². The normalized spacial score (nSPS) is 14.3. The van der Waals surface area contributed by atoms with Crippen LogP contribution in [0.3, 0.4) is 0 Å². The Balaban J connectivity index is 0.000000291. The van der Waals surface area contributed by atoms with Gasteiger partial charge in [-0.2, -0.15) is 0 Å². The van der Waals surface area contributed by atoms with Gasteiger partial charge in [0.05, 0.1) is 12.8 Å². The molecule has 2 fully saturated rings. The molecule has 2 atom stereocenters. The van der Waals surface area contributed by atoms with E-state index in [1.165, 1.54) is 6.92 Å². The Labute approximate surface area is 437 Å². The molecule has 2 aliphatic rings. The summed E-state index contributed by atoms with van der Waals surface area (Å²) >= 11 is 4.64. The molecule has 1 aromatic heterocycles. The van der Waals surface area contributed by atoms with Crippen LogP contribution in [0.5, 0.6) is 0 Å². The van der Waals surface area contributed by atoms with Crippen molar-refractivity contribution in [3.05, 3.63) is 186 Å². The average molecular weight is 1010 g/mol. The highest BCUT2D eigenvalue weighted by atomic mass is 35.5. The first kappa shape index (κ1) is 54.6. The second kappa shape index (κ2) is 27.2. The van der Waals surface area contributed by atoms with Crippen molar-refractivity contribution >= 4 is 74.2 Å². The average Bonchev–Trinajstić information content (AvgIpc) is 4.19. The summed E-state index contributed by atoms with van der Waals surface area (Å²) in [6.07, 6.45) is 14.2. The molecule has 0 radical (unpaired) electrons. The van der Waals surface area contributed by atoms with E-state index in [1.54, 1.807) is 28.9 Å². The number of nitrogens with two attached hydrogens (primary N) is 1. The van der Waals surface area contributed by atoms with E-state index >= 15 is 0 Å². The predicted octanol–water partition coefficient (Wildman–Crippen LogP) is 10.0. The molecule has 2 saturated heterocycles. The quantitative estimate of drug-likeness (QED) is 0.0567. The summed E-state index contributed by atoms with van der Waals surface area (Å²) in [6, 6.07) is 48.3. The van der Waals surface area contributed by atoms with E-state index in [0.29, 0.717) is 43.7 Å². The van der Waals surface area contributed by atoms with Crippen molar-refractivity contribution in [1.29, 1.82) is 0 Å². The van der Waals surface area contributed by atoms with Crippen molar-refractivity contribution < 1.29 is 28.8 Å². The van der Waals surface area contributed by atoms with Crippen molar-refractivity contribution in [1.82, 2.24) is 14.8 Å². The van der Waals surface area contributed by atoms with Crippen molar-refractivity contribution in [2.45, 2.75) is 70.9 Å². The lowest BCUT2D eigenvalue weighted by Crippen LogP contribution is -2.43. The van der Waals surface area contributed by atoms with Crippen molar-refractivity contribution in [2.75, 3.05) is 29.5 Å². The standard InChI is InChI=1S/C40H39N5O4.C11H10O.C8H7N.C2H3ClO/c46-37(23-27-9-3-1-4-10-27)44-21-7-13-35(44)39(48)41-31-18-15-29(16-19-31)33-25-30-17-20-32(26-34(30)43-33)42-40(49)36-14-8-22-45(36)38(47)24-28-11-5-2-6-12-28;1-3-10-4-6-11(7-5-10)8-9(2)12;1-2-7-3-5-8(9)6-4-7;1-2(3)4/h1-6,9-12,15-20,25-26,35-36,43H,7-8,13-14,21-24H2,(H,41,48)(H,42,49);1,4-7H,8H2,2H3;1,3-6H,9H2;1H3/t35-,36-;;;/m0.../s1. The molecule has 0 aliphatic carbocycles. The lowest BCUT2D eigenvalue weighted by molar-refractivity contribution is -0.136. The lowest BCUT2D eigenvalue weighted by Gasteiger charge is -2.24. The highest BCUT2D eigenvalue weighted by Gasteiger charge is 2.35. The highest BCUT2D eigenvalue weighted by molar-refractivity contribution is 6.62. The first-order valence-electron chi connectivity index (χ1n) is 24.2. The van der Waals surface area contributed by atoms with Gasteiger partial charge in [-0.3, -0.25) is 28.8 Å². The smallest absolute Gasteiger partial charge is 0.247 e. The molecule has 0 spiro atoms. The van der Waals surface area contributed by atoms with Crippen molar-refractivity contribution in [2.24, 2.45) is 0 Å². The molecule has 3 heterocycles. The molecule has 0 unspecified atom stereocenters. The van der Waals surface area contributed by atoms with Crippen LogP contribution in [0, 0.1) is 24.7 Å². The number of ketones is 1. The molecule has 7 aromatic rings. The molecule has 2 aliphatic heterocycles. The number of Topliss-reactive ketones (excluding diaryl/α,β-unsaturated/α-hetero) is 1. The van der Waals surface area contributed by atoms with Gasteiger partial charge < -0.3 is 31.2 Å². The number of halogens is 1. The molecule has 5 N–H and O–H groups in total. The number of aromatic nitrogens is 1. The summed E-state index contributed by atoms with van der Waals surface area (Å²) in [6.45, 7) is 4.04. The first-order valence-corrected chi connectivity index (χ1v) is 24.6. The fraction of sp³-hybridized carbons (Fsp3) is 0.213. The zero-order valence-corrected chi connectivity index (χ0v) is 42.2. The summed E-state index contributed by atoms with van der Waals surface area (Å²) < 4.78 is 0. The van der Waals surface area contributed by atoms with Gasteiger partial charge in [-0.15, -0.1) is 12.8 Å². The number of hydrogen-bond acceptors (Lipinski definition) is 7. The van der Waals surface area contributed by atoms with Gasteiger partial charge in [-0.1, -0.05) is 103 Å². The summed E-state index contributed by atoms with van der Waals surface area (Å²) in [5.41, 5.74) is 14.8. The molecule has 9 rings (SSSR count). The summed E-state index contributed by atoms with van der Waals surface area (Å²) in [5, 5.41) is 6.66. The first-order chi connectivity index (χ1) is 35.7. The van der Waals surface area contributed by atoms with Crippen LogP contribution in [0.2, 0.25) is 0 Å². The number of anilines is 3. The number of nitrogens with zero attached hydrogens (tertiary/aromatic N) is 2. The van der Waals surface area contributed by atoms with Crippen LogP contribution in [0.25, 0.3) is 22.2 Å². The SMILES string of the molecule is C#Cc1ccc(CC(C)=O)cc1.C#Cc1ccc(N)cc1.CC(=O)Cl.O=C(Nc1ccc(-c2cc3ccc(NC(=O)[C@@H]4CCCN4C(=O)Cc4ccccc4)cc3[nH]2)cc1)[C@@H]1CCCN1C(=O)Cc1ccccc1. The van der Waals surface area contributed by atoms with E-state index in [9.17, 15) is 28.8 Å². The van der Waals surface area contributed by atoms with E-state index in [-0.39, 0.29) is 47.5 Å². The second-order valence-corrected chi connectivity index (χ2v) is 18.3. The number of rotatable bonds is 11. The van der Waals surface area contributed by atoms with E-state index < -0.39 is 12.1 Å². The van der Waals surface area contributed by atoms with E-state index in [1.807, 2.05) is 146 Å². The van der Waals surface area contributed by atoms with E-state index in [0.717, 1.165) is 68.5 Å². The number of amides is 4. The zero-order valence-electron chi connectivity index (χ0n) is 41.5. The molecule has 376 valence electrons. The molecular formula is C61H59ClN6O6. The fourth-order valence-electron chi connectivity index (χ4n) is 8.55. The van der Waals surface area contributed by atoms with Gasteiger partial charge in [0.25, 0.3) is 0 Å². The Morgan fingerprint density at radius 1 is 0.595 bits per heavy atom. The number of aromatic amines is 1. The van der Waals surface area contributed by atoms with Crippen LogP contribution in [0.4, 0.5) is 17.1 Å². The van der Waals surface area contributed by atoms with Gasteiger partial charge in [0.15, 0.2) is 0 Å². The molecule has 0 saturated carbocycles. The van der Waals surface area contributed by atoms with Gasteiger partial charge >= 0.3 is 0 Å². The summed E-state index contributed by atoms with van der Waals surface area (Å²) in [7, 11) is 0. The predicted molar refractivity (Wildman–Crippen MR) is 295 cm³/mol. The number of nitrogen functional groups attached to an aromatic ring is 1. The van der Waals surface area contributed by atoms with Gasteiger partial charge in [-0.25, -0.2) is 0 Å². The van der Waals surface area contributed by atoms with Gasteiger partial charge in [-0.05, 0) is 133 Å². The third kappa shape index (κ3) is 16.4.